The molecule has 0 aliphatic heterocycles. The molecule has 0 aliphatic carbocycles. The third-order valence-electron chi connectivity index (χ3n) is 1.13. The molecule has 6 N–H and O–H groups in total. The summed E-state index contributed by atoms with van der Waals surface area (Å²) in [6.07, 6.45) is 0. The topological polar surface area (TPSA) is 110 Å². The van der Waals surface area contributed by atoms with Crippen LogP contribution in [0.15, 0.2) is 24.3 Å². The zero-order chi connectivity index (χ0) is 9.56. The molecule has 0 radical (unpaired) electrons. The second-order valence-corrected chi connectivity index (χ2v) is 1.82. The normalized spacial score (nSPS) is 8.17. The average molecular weight is 170 g/mol. The number of carboxylic acid groups (broad SMARTS) is 1. The van der Waals surface area contributed by atoms with E-state index < -0.39 is 5.97 Å². The maximum atomic E-state index is 10.3. The Morgan fingerprint density at radius 2 is 1.75 bits per heavy atom. The molecule has 0 saturated carbocycles. The van der Waals surface area contributed by atoms with Gasteiger partial charge in [0.25, 0.3) is 0 Å². The van der Waals surface area contributed by atoms with Gasteiger partial charge in [0.15, 0.2) is 0 Å². The maximum absolute atomic E-state index is 10.3. The zero-order valence-electron chi connectivity index (χ0n) is 6.27. The molecule has 1 aromatic rings. The first-order valence-electron chi connectivity index (χ1n) is 3.06. The number of aromatic hydroxyl groups is 1. The Balaban J connectivity index is 0.000000561. The van der Waals surface area contributed by atoms with E-state index in [0.29, 0.717) is 0 Å². The van der Waals surface area contributed by atoms with Crippen molar-refractivity contribution in [1.29, 1.82) is 0 Å². The summed E-state index contributed by atoms with van der Waals surface area (Å²) in [5, 5.41) is 17.3. The van der Waals surface area contributed by atoms with Crippen molar-refractivity contribution in [3.05, 3.63) is 29.8 Å². The van der Waals surface area contributed by atoms with E-state index in [1.165, 1.54) is 12.1 Å². The summed E-state index contributed by atoms with van der Waals surface area (Å²) in [6.45, 7) is 0. The molecule has 0 unspecified atom stereocenters. The molecule has 5 nitrogen and oxygen atoms in total. The Bertz CT molecular complexity index is 263. The number of aromatic carboxylic acids is 1. The summed E-state index contributed by atoms with van der Waals surface area (Å²) in [6, 6.07) is 5.81. The molecule has 0 amide bonds. The van der Waals surface area contributed by atoms with Crippen LogP contribution in [0.2, 0.25) is 0 Å². The third-order valence-corrected chi connectivity index (χ3v) is 1.13. The van der Waals surface area contributed by atoms with Gasteiger partial charge < -0.3 is 10.2 Å². The fourth-order valence-electron chi connectivity index (χ4n) is 0.654. The van der Waals surface area contributed by atoms with Gasteiger partial charge in [0, 0.05) is 0 Å². The van der Waals surface area contributed by atoms with Gasteiger partial charge in [0.05, 0.1) is 0 Å². The molecular formula is C7H10N2O3. The molecule has 0 aliphatic rings. The highest BCUT2D eigenvalue weighted by molar-refractivity contribution is 5.90. The van der Waals surface area contributed by atoms with Crippen molar-refractivity contribution in [3.8, 4) is 5.75 Å². The van der Waals surface area contributed by atoms with Gasteiger partial charge in [-0.3, -0.25) is 11.7 Å². The van der Waals surface area contributed by atoms with Gasteiger partial charge in [-0.15, -0.1) is 0 Å². The van der Waals surface area contributed by atoms with E-state index in [1.54, 1.807) is 12.1 Å². The number of para-hydroxylation sites is 1. The Kier molecular flexibility index (Phi) is 4.43. The molecule has 5 heteroatoms. The fourth-order valence-corrected chi connectivity index (χ4v) is 0.654. The third kappa shape index (κ3) is 2.57. The SMILES string of the molecule is NN.O=C(O)c1ccccc1O. The maximum Gasteiger partial charge on any atom is 0.339 e. The second-order valence-electron chi connectivity index (χ2n) is 1.82. The number of hydrogen-bond acceptors (Lipinski definition) is 4. The summed E-state index contributed by atoms with van der Waals surface area (Å²) >= 11 is 0. The van der Waals surface area contributed by atoms with E-state index in [9.17, 15) is 4.79 Å². The molecule has 12 heavy (non-hydrogen) atoms. The number of carbonyl (C=O) groups is 1. The number of carboxylic acids is 1. The minimum absolute atomic E-state index is 0.0671. The monoisotopic (exact) mass is 170 g/mol. The second kappa shape index (κ2) is 5.11. The number of benzene rings is 1. The summed E-state index contributed by atoms with van der Waals surface area (Å²) in [5.41, 5.74) is -0.0671. The fraction of sp³-hybridized carbons (Fsp3) is 0. The number of nitrogens with two attached hydrogens (primary N) is 2. The van der Waals surface area contributed by atoms with Gasteiger partial charge in [-0.25, -0.2) is 4.79 Å². The molecule has 0 saturated heterocycles. The van der Waals surface area contributed by atoms with Crippen molar-refractivity contribution in [2.75, 3.05) is 0 Å². The molecule has 0 aromatic heterocycles. The molecule has 0 fully saturated rings. The van der Waals surface area contributed by atoms with Crippen molar-refractivity contribution in [2.45, 2.75) is 0 Å². The Morgan fingerprint density at radius 1 is 1.25 bits per heavy atom. The number of hydrogen-bond donors (Lipinski definition) is 4. The highest BCUT2D eigenvalue weighted by Crippen LogP contribution is 2.14. The van der Waals surface area contributed by atoms with Crippen LogP contribution < -0.4 is 11.7 Å². The Labute approximate surface area is 69.2 Å². The van der Waals surface area contributed by atoms with Crippen molar-refractivity contribution in [1.82, 2.24) is 0 Å². The molecule has 1 aromatic carbocycles. The van der Waals surface area contributed by atoms with Gasteiger partial charge >= 0.3 is 5.97 Å². The van der Waals surface area contributed by atoms with Crippen LogP contribution >= 0.6 is 0 Å². The van der Waals surface area contributed by atoms with Crippen molar-refractivity contribution >= 4 is 5.97 Å². The van der Waals surface area contributed by atoms with Crippen LogP contribution in [0, 0.1) is 0 Å². The van der Waals surface area contributed by atoms with Crippen LogP contribution in [0.5, 0.6) is 5.75 Å². The smallest absolute Gasteiger partial charge is 0.339 e. The molecule has 66 valence electrons. The van der Waals surface area contributed by atoms with Gasteiger partial charge in [-0.2, -0.15) is 0 Å². The first kappa shape index (κ1) is 10.4. The molecule has 1 rings (SSSR count). The molecule has 0 spiro atoms. The van der Waals surface area contributed by atoms with Crippen molar-refractivity contribution < 1.29 is 15.0 Å². The molecular weight excluding hydrogens is 160 g/mol. The van der Waals surface area contributed by atoms with E-state index >= 15 is 0 Å². The van der Waals surface area contributed by atoms with E-state index in [-0.39, 0.29) is 11.3 Å². The van der Waals surface area contributed by atoms with E-state index in [2.05, 4.69) is 11.7 Å². The lowest BCUT2D eigenvalue weighted by atomic mass is 10.2. The van der Waals surface area contributed by atoms with Crippen LogP contribution in [-0.2, 0) is 0 Å². The van der Waals surface area contributed by atoms with E-state index in [0.717, 1.165) is 0 Å². The van der Waals surface area contributed by atoms with Gasteiger partial charge in [0.2, 0.25) is 0 Å². The summed E-state index contributed by atoms with van der Waals surface area (Å²) in [4.78, 5) is 10.3. The number of hydrazine groups is 1. The van der Waals surface area contributed by atoms with Crippen LogP contribution in [-0.4, -0.2) is 16.2 Å². The lowest BCUT2D eigenvalue weighted by Gasteiger charge is -1.95. The lowest BCUT2D eigenvalue weighted by molar-refractivity contribution is 0.0694. The quantitative estimate of drug-likeness (QED) is 0.348. The van der Waals surface area contributed by atoms with Crippen molar-refractivity contribution in [2.24, 2.45) is 11.7 Å². The summed E-state index contributed by atoms with van der Waals surface area (Å²) in [5.74, 6) is 6.69. The van der Waals surface area contributed by atoms with Crippen LogP contribution in [0.4, 0.5) is 0 Å². The number of phenols is 1. The van der Waals surface area contributed by atoms with Crippen molar-refractivity contribution in [3.63, 3.8) is 0 Å². The minimum Gasteiger partial charge on any atom is -0.507 e. The lowest BCUT2D eigenvalue weighted by Crippen LogP contribution is -2.02. The van der Waals surface area contributed by atoms with Crippen LogP contribution in [0.25, 0.3) is 0 Å². The number of rotatable bonds is 1. The van der Waals surface area contributed by atoms with Gasteiger partial charge in [-0.05, 0) is 12.1 Å². The first-order chi connectivity index (χ1) is 5.72. The first-order valence-corrected chi connectivity index (χ1v) is 3.06. The highest BCUT2D eigenvalue weighted by Gasteiger charge is 2.05. The Hall–Kier alpha value is -1.59. The van der Waals surface area contributed by atoms with E-state index in [4.69, 9.17) is 10.2 Å². The van der Waals surface area contributed by atoms with Crippen LogP contribution in [0.3, 0.4) is 0 Å². The summed E-state index contributed by atoms with van der Waals surface area (Å²) < 4.78 is 0. The molecule has 0 bridgehead atoms. The summed E-state index contributed by atoms with van der Waals surface area (Å²) in [7, 11) is 0. The predicted octanol–water partition coefficient (Wildman–Crippen LogP) is -0.0908. The predicted molar refractivity (Wildman–Crippen MR) is 43.4 cm³/mol. The molecule has 0 atom stereocenters. The minimum atomic E-state index is -1.11. The highest BCUT2D eigenvalue weighted by atomic mass is 16.4. The zero-order valence-corrected chi connectivity index (χ0v) is 6.27. The largest absolute Gasteiger partial charge is 0.507 e. The van der Waals surface area contributed by atoms with E-state index in [1.807, 2.05) is 0 Å². The van der Waals surface area contributed by atoms with Gasteiger partial charge in [-0.1, -0.05) is 12.1 Å². The average Bonchev–Trinajstić information content (AvgIpc) is 2.08. The Morgan fingerprint density at radius 3 is 2.08 bits per heavy atom. The standard InChI is InChI=1S/C7H6O3.H4N2/c8-6-4-2-1-3-5(6)7(9)10;1-2/h1-4,8H,(H,9,10);1-2H2. The molecule has 0 heterocycles. The van der Waals surface area contributed by atoms with Gasteiger partial charge in [0.1, 0.15) is 11.3 Å². The van der Waals surface area contributed by atoms with Crippen LogP contribution in [0.1, 0.15) is 10.4 Å².